The molecule has 4 nitrogen and oxygen atoms in total. The van der Waals surface area contributed by atoms with E-state index in [1.165, 1.54) is 19.3 Å². The summed E-state index contributed by atoms with van der Waals surface area (Å²) in [7, 11) is 0. The van der Waals surface area contributed by atoms with Crippen LogP contribution < -0.4 is 0 Å². The van der Waals surface area contributed by atoms with Gasteiger partial charge in [0, 0.05) is 0 Å². The molecule has 15 heavy (non-hydrogen) atoms. The first-order chi connectivity index (χ1) is 7.18. The molecular weight excluding hydrogens is 188 g/mol. The van der Waals surface area contributed by atoms with E-state index in [9.17, 15) is 0 Å². The van der Waals surface area contributed by atoms with Crippen molar-refractivity contribution in [2.24, 2.45) is 17.8 Å². The van der Waals surface area contributed by atoms with E-state index in [4.69, 9.17) is 0 Å². The van der Waals surface area contributed by atoms with Gasteiger partial charge in [-0.15, -0.1) is 5.10 Å². The molecule has 2 rings (SSSR count). The fraction of sp³-hybridized carbons (Fsp3) is 0.909. The Kier molecular flexibility index (Phi) is 3.03. The average molecular weight is 208 g/mol. The van der Waals surface area contributed by atoms with Gasteiger partial charge in [-0.25, -0.2) is 4.68 Å². The highest BCUT2D eigenvalue weighted by atomic mass is 15.5. The molecule has 1 saturated carbocycles. The van der Waals surface area contributed by atoms with Crippen molar-refractivity contribution in [3.8, 4) is 0 Å². The molecule has 0 radical (unpaired) electrons. The summed E-state index contributed by atoms with van der Waals surface area (Å²) in [5, 5.41) is 11.6. The molecule has 0 aromatic carbocycles. The molecule has 0 saturated heterocycles. The van der Waals surface area contributed by atoms with Crippen LogP contribution in [0.5, 0.6) is 0 Å². The zero-order chi connectivity index (χ0) is 10.8. The number of tetrazole rings is 1. The van der Waals surface area contributed by atoms with Crippen LogP contribution in [0, 0.1) is 17.8 Å². The lowest BCUT2D eigenvalue weighted by Crippen LogP contribution is -2.30. The van der Waals surface area contributed by atoms with Crippen LogP contribution in [0.15, 0.2) is 6.33 Å². The molecule has 3 atom stereocenters. The monoisotopic (exact) mass is 208 g/mol. The molecule has 0 bridgehead atoms. The molecule has 1 aromatic heterocycles. The first kappa shape index (κ1) is 10.6. The van der Waals surface area contributed by atoms with Gasteiger partial charge in [-0.05, 0) is 41.0 Å². The Hall–Kier alpha value is -0.930. The summed E-state index contributed by atoms with van der Waals surface area (Å²) in [5.41, 5.74) is 0. The minimum atomic E-state index is 0.503. The van der Waals surface area contributed by atoms with Crippen molar-refractivity contribution in [2.75, 3.05) is 0 Å². The largest absolute Gasteiger partial charge is 0.229 e. The Balaban J connectivity index is 2.17. The Bertz CT molecular complexity index is 294. The van der Waals surface area contributed by atoms with Gasteiger partial charge < -0.3 is 0 Å². The molecule has 84 valence electrons. The standard InChI is InChI=1S/C11H20N4/c1-8(2)10-5-4-9(3)6-11(10)15-7-12-13-14-15/h7-11H,4-6H2,1-3H3. The van der Waals surface area contributed by atoms with E-state index in [0.29, 0.717) is 12.0 Å². The first-order valence-electron chi connectivity index (χ1n) is 5.91. The van der Waals surface area contributed by atoms with E-state index in [-0.39, 0.29) is 0 Å². The maximum Gasteiger partial charge on any atom is 0.138 e. The van der Waals surface area contributed by atoms with Crippen molar-refractivity contribution in [2.45, 2.75) is 46.1 Å². The van der Waals surface area contributed by atoms with Gasteiger partial charge in [-0.2, -0.15) is 0 Å². The van der Waals surface area contributed by atoms with Gasteiger partial charge in [0.2, 0.25) is 0 Å². The van der Waals surface area contributed by atoms with Crippen LogP contribution in [0.1, 0.15) is 46.1 Å². The Labute approximate surface area is 91.1 Å². The zero-order valence-corrected chi connectivity index (χ0v) is 9.80. The third-order valence-electron chi connectivity index (χ3n) is 3.69. The molecule has 1 aliphatic carbocycles. The van der Waals surface area contributed by atoms with Crippen LogP contribution in [-0.4, -0.2) is 20.2 Å². The smallest absolute Gasteiger partial charge is 0.138 e. The van der Waals surface area contributed by atoms with Gasteiger partial charge >= 0.3 is 0 Å². The van der Waals surface area contributed by atoms with E-state index >= 15 is 0 Å². The Morgan fingerprint density at radius 3 is 2.73 bits per heavy atom. The zero-order valence-electron chi connectivity index (χ0n) is 9.80. The van der Waals surface area contributed by atoms with Gasteiger partial charge in [-0.1, -0.05) is 27.2 Å². The predicted octanol–water partition coefficient (Wildman–Crippen LogP) is 2.31. The second-order valence-electron chi connectivity index (χ2n) is 5.18. The lowest BCUT2D eigenvalue weighted by atomic mass is 9.74. The minimum absolute atomic E-state index is 0.503. The molecule has 1 heterocycles. The van der Waals surface area contributed by atoms with Gasteiger partial charge in [0.15, 0.2) is 0 Å². The fourth-order valence-electron chi connectivity index (χ4n) is 2.78. The van der Waals surface area contributed by atoms with Crippen LogP contribution in [0.3, 0.4) is 0 Å². The lowest BCUT2D eigenvalue weighted by molar-refractivity contribution is 0.137. The average Bonchev–Trinajstić information content (AvgIpc) is 2.69. The SMILES string of the molecule is CC1CCC(C(C)C)C(n2cnnn2)C1. The van der Waals surface area contributed by atoms with Crippen molar-refractivity contribution < 1.29 is 0 Å². The van der Waals surface area contributed by atoms with Crippen molar-refractivity contribution in [1.82, 2.24) is 20.2 Å². The second kappa shape index (κ2) is 4.29. The molecule has 0 N–H and O–H groups in total. The molecule has 0 amide bonds. The molecule has 1 aromatic rings. The van der Waals surface area contributed by atoms with Gasteiger partial charge in [0.25, 0.3) is 0 Å². The van der Waals surface area contributed by atoms with E-state index in [2.05, 4.69) is 36.3 Å². The Morgan fingerprint density at radius 2 is 2.13 bits per heavy atom. The maximum atomic E-state index is 4.06. The highest BCUT2D eigenvalue weighted by molar-refractivity contribution is 4.83. The van der Waals surface area contributed by atoms with Crippen molar-refractivity contribution in [1.29, 1.82) is 0 Å². The normalized spacial score (nSPS) is 32.1. The van der Waals surface area contributed by atoms with Crippen molar-refractivity contribution in [3.63, 3.8) is 0 Å². The van der Waals surface area contributed by atoms with Gasteiger partial charge in [0.1, 0.15) is 6.33 Å². The van der Waals surface area contributed by atoms with E-state index in [1.54, 1.807) is 6.33 Å². The molecule has 3 unspecified atom stereocenters. The fourth-order valence-corrected chi connectivity index (χ4v) is 2.78. The summed E-state index contributed by atoms with van der Waals surface area (Å²) >= 11 is 0. The van der Waals surface area contributed by atoms with Crippen LogP contribution in [0.25, 0.3) is 0 Å². The predicted molar refractivity (Wildman–Crippen MR) is 58.2 cm³/mol. The van der Waals surface area contributed by atoms with Crippen molar-refractivity contribution >= 4 is 0 Å². The highest BCUT2D eigenvalue weighted by Crippen LogP contribution is 2.40. The van der Waals surface area contributed by atoms with Gasteiger partial charge in [0.05, 0.1) is 6.04 Å². The molecule has 0 spiro atoms. The lowest BCUT2D eigenvalue weighted by Gasteiger charge is -2.36. The summed E-state index contributed by atoms with van der Waals surface area (Å²) < 4.78 is 1.96. The van der Waals surface area contributed by atoms with E-state index in [1.807, 2.05) is 4.68 Å². The molecule has 0 aliphatic heterocycles. The number of rotatable bonds is 2. The summed E-state index contributed by atoms with van der Waals surface area (Å²) in [6.45, 7) is 6.93. The molecular formula is C11H20N4. The van der Waals surface area contributed by atoms with E-state index in [0.717, 1.165) is 11.8 Å². The third kappa shape index (κ3) is 2.19. The second-order valence-corrected chi connectivity index (χ2v) is 5.18. The highest BCUT2D eigenvalue weighted by Gasteiger charge is 2.32. The quantitative estimate of drug-likeness (QED) is 0.749. The Morgan fingerprint density at radius 1 is 1.33 bits per heavy atom. The van der Waals surface area contributed by atoms with Gasteiger partial charge in [-0.3, -0.25) is 0 Å². The number of nitrogens with zero attached hydrogens (tertiary/aromatic N) is 4. The summed E-state index contributed by atoms with van der Waals surface area (Å²) in [6.07, 6.45) is 5.64. The summed E-state index contributed by atoms with van der Waals surface area (Å²) in [6, 6.07) is 0.503. The first-order valence-corrected chi connectivity index (χ1v) is 5.91. The third-order valence-corrected chi connectivity index (χ3v) is 3.69. The van der Waals surface area contributed by atoms with E-state index < -0.39 is 0 Å². The van der Waals surface area contributed by atoms with Crippen LogP contribution >= 0.6 is 0 Å². The van der Waals surface area contributed by atoms with Crippen LogP contribution in [-0.2, 0) is 0 Å². The van der Waals surface area contributed by atoms with Crippen LogP contribution in [0.4, 0.5) is 0 Å². The number of hydrogen-bond acceptors (Lipinski definition) is 3. The summed E-state index contributed by atoms with van der Waals surface area (Å²) in [4.78, 5) is 0. The molecule has 1 fully saturated rings. The minimum Gasteiger partial charge on any atom is -0.229 e. The topological polar surface area (TPSA) is 43.6 Å². The number of hydrogen-bond donors (Lipinski definition) is 0. The summed E-state index contributed by atoms with van der Waals surface area (Å²) in [5.74, 6) is 2.24. The molecule has 4 heteroatoms. The maximum absolute atomic E-state index is 4.06. The van der Waals surface area contributed by atoms with Crippen molar-refractivity contribution in [3.05, 3.63) is 6.33 Å². The number of aromatic nitrogens is 4. The molecule has 1 aliphatic rings. The van der Waals surface area contributed by atoms with Crippen LogP contribution in [0.2, 0.25) is 0 Å².